The lowest BCUT2D eigenvalue weighted by Crippen LogP contribution is -2.19. The molecular formula is C18H22N4O2. The monoisotopic (exact) mass is 326 g/mol. The molecule has 24 heavy (non-hydrogen) atoms. The van der Waals surface area contributed by atoms with Gasteiger partial charge in [-0.3, -0.25) is 4.79 Å². The van der Waals surface area contributed by atoms with Crippen LogP contribution >= 0.6 is 0 Å². The van der Waals surface area contributed by atoms with Crippen LogP contribution in [0.3, 0.4) is 0 Å². The lowest BCUT2D eigenvalue weighted by molar-refractivity contribution is -0.143. The molecule has 2 aromatic rings. The zero-order valence-corrected chi connectivity index (χ0v) is 13.7. The molecule has 0 unspecified atom stereocenters. The molecule has 1 fully saturated rings. The first-order valence-corrected chi connectivity index (χ1v) is 8.27. The van der Waals surface area contributed by atoms with Crippen molar-refractivity contribution in [1.82, 2.24) is 9.97 Å². The highest BCUT2D eigenvalue weighted by Crippen LogP contribution is 2.39. The molecule has 1 aromatic heterocycles. The number of carbonyl (C=O) groups excluding carboxylic acids is 1. The number of hydrogen-bond acceptors (Lipinski definition) is 6. The zero-order valence-electron chi connectivity index (χ0n) is 13.7. The Morgan fingerprint density at radius 1 is 1.38 bits per heavy atom. The average molecular weight is 326 g/mol. The fourth-order valence-corrected chi connectivity index (χ4v) is 2.55. The molecule has 1 heterocycles. The maximum absolute atomic E-state index is 12.0. The van der Waals surface area contributed by atoms with Crippen molar-refractivity contribution >= 4 is 17.5 Å². The standard InChI is InChI=1S/C18H22N4O2/c1-2-24-16(23)10-15(12-6-4-3-5-7-12)21-18-14(19)11-20-17(22-18)13-8-9-13/h3-7,11,13,15H,2,8-10,19H2,1H3,(H,20,21,22)/t15-/m1/s1. The number of benzene rings is 1. The maximum Gasteiger partial charge on any atom is 0.308 e. The summed E-state index contributed by atoms with van der Waals surface area (Å²) >= 11 is 0. The van der Waals surface area contributed by atoms with Gasteiger partial charge in [0.25, 0.3) is 0 Å². The highest BCUT2D eigenvalue weighted by atomic mass is 16.5. The van der Waals surface area contributed by atoms with E-state index in [0.29, 0.717) is 24.0 Å². The molecule has 0 amide bonds. The lowest BCUT2D eigenvalue weighted by atomic mass is 10.0. The van der Waals surface area contributed by atoms with Crippen LogP contribution in [0.15, 0.2) is 36.5 Å². The normalized spacial score (nSPS) is 14.9. The second-order valence-corrected chi connectivity index (χ2v) is 5.92. The van der Waals surface area contributed by atoms with E-state index in [0.717, 1.165) is 24.2 Å². The molecule has 3 N–H and O–H groups in total. The average Bonchev–Trinajstić information content (AvgIpc) is 3.42. The van der Waals surface area contributed by atoms with Gasteiger partial charge in [0.1, 0.15) is 5.82 Å². The molecule has 1 aliphatic carbocycles. The van der Waals surface area contributed by atoms with Crippen LogP contribution < -0.4 is 11.1 Å². The van der Waals surface area contributed by atoms with E-state index >= 15 is 0 Å². The summed E-state index contributed by atoms with van der Waals surface area (Å²) in [6.07, 6.45) is 4.08. The molecule has 126 valence electrons. The molecule has 3 rings (SSSR count). The van der Waals surface area contributed by atoms with Gasteiger partial charge in [-0.1, -0.05) is 30.3 Å². The Labute approximate surface area is 141 Å². The van der Waals surface area contributed by atoms with E-state index in [-0.39, 0.29) is 18.4 Å². The van der Waals surface area contributed by atoms with Gasteiger partial charge in [0, 0.05) is 5.92 Å². The third-order valence-electron chi connectivity index (χ3n) is 3.97. The maximum atomic E-state index is 12.0. The molecule has 6 heteroatoms. The van der Waals surface area contributed by atoms with E-state index in [1.807, 2.05) is 30.3 Å². The Kier molecular flexibility index (Phi) is 4.93. The van der Waals surface area contributed by atoms with Gasteiger partial charge >= 0.3 is 5.97 Å². The summed E-state index contributed by atoms with van der Waals surface area (Å²) in [5.74, 6) is 1.57. The van der Waals surface area contributed by atoms with Gasteiger partial charge < -0.3 is 15.8 Å². The van der Waals surface area contributed by atoms with Crippen LogP contribution in [-0.4, -0.2) is 22.5 Å². The van der Waals surface area contributed by atoms with Crippen molar-refractivity contribution in [3.8, 4) is 0 Å². The van der Waals surface area contributed by atoms with Crippen LogP contribution in [0.4, 0.5) is 11.5 Å². The van der Waals surface area contributed by atoms with Gasteiger partial charge in [-0.15, -0.1) is 0 Å². The minimum atomic E-state index is -0.256. The molecule has 0 bridgehead atoms. The van der Waals surface area contributed by atoms with Crippen molar-refractivity contribution in [3.63, 3.8) is 0 Å². The molecule has 0 radical (unpaired) electrons. The van der Waals surface area contributed by atoms with Crippen LogP contribution in [0, 0.1) is 0 Å². The molecule has 0 spiro atoms. The first-order valence-electron chi connectivity index (χ1n) is 8.27. The fraction of sp³-hybridized carbons (Fsp3) is 0.389. The minimum absolute atomic E-state index is 0.208. The van der Waals surface area contributed by atoms with Crippen LogP contribution in [0.2, 0.25) is 0 Å². The number of nitrogens with zero attached hydrogens (tertiary/aromatic N) is 2. The summed E-state index contributed by atoms with van der Waals surface area (Å²) in [5, 5.41) is 3.30. The SMILES string of the molecule is CCOC(=O)C[C@@H](Nc1nc(C2CC2)ncc1N)c1ccccc1. The van der Waals surface area contributed by atoms with E-state index < -0.39 is 0 Å². The van der Waals surface area contributed by atoms with E-state index in [2.05, 4.69) is 15.3 Å². The number of nitrogen functional groups attached to an aromatic ring is 1. The summed E-state index contributed by atoms with van der Waals surface area (Å²) in [4.78, 5) is 20.8. The summed E-state index contributed by atoms with van der Waals surface area (Å²) in [6.45, 7) is 2.16. The summed E-state index contributed by atoms with van der Waals surface area (Å²) < 4.78 is 5.09. The topological polar surface area (TPSA) is 90.1 Å². The summed E-state index contributed by atoms with van der Waals surface area (Å²) in [7, 11) is 0. The molecule has 6 nitrogen and oxygen atoms in total. The van der Waals surface area contributed by atoms with Gasteiger partial charge in [-0.05, 0) is 25.3 Å². The lowest BCUT2D eigenvalue weighted by Gasteiger charge is -2.20. The van der Waals surface area contributed by atoms with Crippen molar-refractivity contribution in [3.05, 3.63) is 47.9 Å². The Morgan fingerprint density at radius 2 is 2.12 bits per heavy atom. The Balaban J connectivity index is 1.83. The number of ether oxygens (including phenoxy) is 1. The van der Waals surface area contributed by atoms with E-state index in [9.17, 15) is 4.79 Å². The molecular weight excluding hydrogens is 304 g/mol. The third kappa shape index (κ3) is 4.01. The van der Waals surface area contributed by atoms with Gasteiger partial charge in [-0.2, -0.15) is 0 Å². The predicted octanol–water partition coefficient (Wildman–Crippen LogP) is 3.04. The quantitative estimate of drug-likeness (QED) is 0.760. The molecule has 1 aromatic carbocycles. The molecule has 1 saturated carbocycles. The number of aromatic nitrogens is 2. The molecule has 0 saturated heterocycles. The van der Waals surface area contributed by atoms with E-state index in [4.69, 9.17) is 10.5 Å². The number of carbonyl (C=O) groups is 1. The minimum Gasteiger partial charge on any atom is -0.466 e. The molecule has 1 aliphatic rings. The second-order valence-electron chi connectivity index (χ2n) is 5.92. The first-order chi connectivity index (χ1) is 11.7. The number of nitrogens with one attached hydrogen (secondary N) is 1. The smallest absolute Gasteiger partial charge is 0.308 e. The zero-order chi connectivity index (χ0) is 16.9. The van der Waals surface area contributed by atoms with Crippen molar-refractivity contribution < 1.29 is 9.53 Å². The van der Waals surface area contributed by atoms with Gasteiger partial charge in [-0.25, -0.2) is 9.97 Å². The van der Waals surface area contributed by atoms with Crippen molar-refractivity contribution in [2.45, 2.75) is 38.1 Å². The predicted molar refractivity (Wildman–Crippen MR) is 92.5 cm³/mol. The number of rotatable bonds is 7. The Bertz CT molecular complexity index is 701. The van der Waals surface area contributed by atoms with Crippen LogP contribution in [-0.2, 0) is 9.53 Å². The van der Waals surface area contributed by atoms with Crippen LogP contribution in [0.25, 0.3) is 0 Å². The van der Waals surface area contributed by atoms with Crippen molar-refractivity contribution in [2.75, 3.05) is 17.7 Å². The van der Waals surface area contributed by atoms with Crippen molar-refractivity contribution in [2.24, 2.45) is 0 Å². The van der Waals surface area contributed by atoms with Crippen LogP contribution in [0.5, 0.6) is 0 Å². The largest absolute Gasteiger partial charge is 0.466 e. The van der Waals surface area contributed by atoms with E-state index in [1.54, 1.807) is 13.1 Å². The summed E-state index contributed by atoms with van der Waals surface area (Å²) in [6, 6.07) is 9.50. The van der Waals surface area contributed by atoms with Gasteiger partial charge in [0.2, 0.25) is 0 Å². The third-order valence-corrected chi connectivity index (χ3v) is 3.97. The number of esters is 1. The number of anilines is 2. The fourth-order valence-electron chi connectivity index (χ4n) is 2.55. The second kappa shape index (κ2) is 7.29. The van der Waals surface area contributed by atoms with Crippen LogP contribution in [0.1, 0.15) is 49.5 Å². The number of nitrogens with two attached hydrogens (primary N) is 1. The number of hydrogen-bond donors (Lipinski definition) is 2. The van der Waals surface area contributed by atoms with Gasteiger partial charge in [0.05, 0.1) is 31.0 Å². The molecule has 0 aliphatic heterocycles. The highest BCUT2D eigenvalue weighted by molar-refractivity contribution is 5.72. The van der Waals surface area contributed by atoms with Gasteiger partial charge in [0.15, 0.2) is 5.82 Å². The summed E-state index contributed by atoms with van der Waals surface area (Å²) in [5.41, 5.74) is 7.48. The Morgan fingerprint density at radius 3 is 2.79 bits per heavy atom. The van der Waals surface area contributed by atoms with Crippen molar-refractivity contribution in [1.29, 1.82) is 0 Å². The Hall–Kier alpha value is -2.63. The first kappa shape index (κ1) is 16.2. The van der Waals surface area contributed by atoms with E-state index in [1.165, 1.54) is 0 Å². The molecule has 1 atom stereocenters. The highest BCUT2D eigenvalue weighted by Gasteiger charge is 2.27.